The van der Waals surface area contributed by atoms with Crippen molar-refractivity contribution in [2.45, 2.75) is 18.6 Å². The van der Waals surface area contributed by atoms with Crippen LogP contribution in [0, 0.1) is 0 Å². The van der Waals surface area contributed by atoms with E-state index in [4.69, 9.17) is 9.47 Å². The fourth-order valence-electron chi connectivity index (χ4n) is 3.14. The predicted molar refractivity (Wildman–Crippen MR) is 115 cm³/mol. The second-order valence-electron chi connectivity index (χ2n) is 6.31. The van der Waals surface area contributed by atoms with Crippen LogP contribution in [0.1, 0.15) is 23.0 Å². The molecule has 0 aliphatic heterocycles. The second-order valence-corrected chi connectivity index (χ2v) is 7.08. The lowest BCUT2D eigenvalue weighted by Crippen LogP contribution is -2.31. The van der Waals surface area contributed by atoms with Crippen molar-refractivity contribution < 1.29 is 14.3 Å². The van der Waals surface area contributed by atoms with E-state index in [1.165, 1.54) is 11.8 Å². The SMILES string of the molecule is CCN(Cc1ccc(OC)c(OC)c1)C(=O)c1cnc(SC)n1-c1ccccc1. The van der Waals surface area contributed by atoms with Crippen LogP contribution in [0.25, 0.3) is 5.69 Å². The van der Waals surface area contributed by atoms with Crippen molar-refractivity contribution in [3.63, 3.8) is 0 Å². The maximum absolute atomic E-state index is 13.4. The van der Waals surface area contributed by atoms with Crippen LogP contribution >= 0.6 is 11.8 Å². The molecule has 0 fully saturated rings. The number of nitrogens with zero attached hydrogens (tertiary/aromatic N) is 3. The molecule has 0 unspecified atom stereocenters. The monoisotopic (exact) mass is 411 g/mol. The minimum Gasteiger partial charge on any atom is -0.493 e. The van der Waals surface area contributed by atoms with E-state index >= 15 is 0 Å². The van der Waals surface area contributed by atoms with Gasteiger partial charge in [0.2, 0.25) is 0 Å². The third kappa shape index (κ3) is 4.40. The molecule has 2 aromatic carbocycles. The van der Waals surface area contributed by atoms with Crippen LogP contribution in [0.4, 0.5) is 0 Å². The lowest BCUT2D eigenvalue weighted by molar-refractivity contribution is 0.0743. The largest absolute Gasteiger partial charge is 0.493 e. The molecule has 0 saturated carbocycles. The third-order valence-corrected chi connectivity index (χ3v) is 5.29. The van der Waals surface area contributed by atoms with Gasteiger partial charge >= 0.3 is 0 Å². The van der Waals surface area contributed by atoms with Crippen LogP contribution in [-0.4, -0.2) is 47.4 Å². The summed E-state index contributed by atoms with van der Waals surface area (Å²) < 4.78 is 12.6. The molecule has 152 valence electrons. The first-order valence-electron chi connectivity index (χ1n) is 9.30. The summed E-state index contributed by atoms with van der Waals surface area (Å²) in [6, 6.07) is 15.5. The van der Waals surface area contributed by atoms with E-state index < -0.39 is 0 Å². The molecule has 0 aliphatic rings. The Balaban J connectivity index is 1.92. The average Bonchev–Trinajstić information content (AvgIpc) is 3.21. The predicted octanol–water partition coefficient (Wildman–Crippen LogP) is 4.27. The number of hydrogen-bond donors (Lipinski definition) is 0. The molecule has 3 rings (SSSR count). The topological polar surface area (TPSA) is 56.6 Å². The van der Waals surface area contributed by atoms with Crippen molar-refractivity contribution in [1.29, 1.82) is 0 Å². The summed E-state index contributed by atoms with van der Waals surface area (Å²) in [4.78, 5) is 19.6. The Labute approximate surface area is 175 Å². The number of thioether (sulfide) groups is 1. The molecule has 0 spiro atoms. The summed E-state index contributed by atoms with van der Waals surface area (Å²) in [7, 11) is 3.21. The maximum Gasteiger partial charge on any atom is 0.272 e. The van der Waals surface area contributed by atoms with Crippen LogP contribution in [0.5, 0.6) is 11.5 Å². The molecule has 3 aromatic rings. The van der Waals surface area contributed by atoms with Crippen molar-refractivity contribution in [1.82, 2.24) is 14.5 Å². The molecular formula is C22H25N3O3S. The number of imidazole rings is 1. The number of rotatable bonds is 8. The molecule has 0 aliphatic carbocycles. The van der Waals surface area contributed by atoms with Gasteiger partial charge in [0.1, 0.15) is 5.69 Å². The molecule has 1 heterocycles. The van der Waals surface area contributed by atoms with Crippen molar-refractivity contribution in [3.8, 4) is 17.2 Å². The summed E-state index contributed by atoms with van der Waals surface area (Å²) in [5, 5.41) is 0.779. The highest BCUT2D eigenvalue weighted by molar-refractivity contribution is 7.98. The number of benzene rings is 2. The van der Waals surface area contributed by atoms with Gasteiger partial charge in [-0.05, 0) is 43.0 Å². The third-order valence-electron chi connectivity index (χ3n) is 4.64. The van der Waals surface area contributed by atoms with E-state index in [2.05, 4.69) is 4.98 Å². The minimum absolute atomic E-state index is 0.0704. The summed E-state index contributed by atoms with van der Waals surface area (Å²) in [6.45, 7) is 3.00. The highest BCUT2D eigenvalue weighted by atomic mass is 32.2. The highest BCUT2D eigenvalue weighted by Gasteiger charge is 2.22. The maximum atomic E-state index is 13.4. The molecule has 1 aromatic heterocycles. The number of carbonyl (C=O) groups excluding carboxylic acids is 1. The zero-order chi connectivity index (χ0) is 20.8. The first kappa shape index (κ1) is 20.8. The number of aromatic nitrogens is 2. The van der Waals surface area contributed by atoms with E-state index in [1.807, 2.05) is 66.3 Å². The van der Waals surface area contributed by atoms with Crippen molar-refractivity contribution in [2.24, 2.45) is 0 Å². The van der Waals surface area contributed by atoms with Crippen LogP contribution < -0.4 is 9.47 Å². The number of methoxy groups -OCH3 is 2. The van der Waals surface area contributed by atoms with Gasteiger partial charge in [0.15, 0.2) is 16.7 Å². The van der Waals surface area contributed by atoms with Crippen LogP contribution in [0.2, 0.25) is 0 Å². The molecule has 1 amide bonds. The van der Waals surface area contributed by atoms with Crippen LogP contribution in [-0.2, 0) is 6.54 Å². The quantitative estimate of drug-likeness (QED) is 0.518. The molecule has 0 radical (unpaired) electrons. The fourth-order valence-corrected chi connectivity index (χ4v) is 3.69. The highest BCUT2D eigenvalue weighted by Crippen LogP contribution is 2.28. The normalized spacial score (nSPS) is 10.6. The smallest absolute Gasteiger partial charge is 0.272 e. The van der Waals surface area contributed by atoms with E-state index in [1.54, 1.807) is 25.3 Å². The van der Waals surface area contributed by atoms with Gasteiger partial charge in [-0.1, -0.05) is 36.0 Å². The number of ether oxygens (including phenoxy) is 2. The van der Waals surface area contributed by atoms with Crippen LogP contribution in [0.3, 0.4) is 0 Å². The Hall–Kier alpha value is -2.93. The summed E-state index contributed by atoms with van der Waals surface area (Å²) in [5.41, 5.74) is 2.43. The van der Waals surface area contributed by atoms with Gasteiger partial charge in [-0.25, -0.2) is 4.98 Å². The molecule has 0 atom stereocenters. The Morgan fingerprint density at radius 1 is 1.10 bits per heavy atom. The lowest BCUT2D eigenvalue weighted by atomic mass is 10.1. The first-order chi connectivity index (χ1) is 14.1. The van der Waals surface area contributed by atoms with E-state index in [9.17, 15) is 4.79 Å². The first-order valence-corrected chi connectivity index (χ1v) is 10.5. The zero-order valence-electron chi connectivity index (χ0n) is 17.1. The number of para-hydroxylation sites is 1. The Bertz CT molecular complexity index is 973. The summed E-state index contributed by atoms with van der Waals surface area (Å²) in [6.07, 6.45) is 3.61. The summed E-state index contributed by atoms with van der Waals surface area (Å²) in [5.74, 6) is 1.24. The standard InChI is InChI=1S/C22H25N3O3S/c1-5-24(15-16-11-12-19(27-2)20(13-16)28-3)21(26)18-14-23-22(29-4)25(18)17-9-7-6-8-10-17/h6-14H,5,15H2,1-4H3. The van der Waals surface area contributed by atoms with Gasteiger partial charge in [0, 0.05) is 18.8 Å². The molecule has 6 nitrogen and oxygen atoms in total. The van der Waals surface area contributed by atoms with Gasteiger partial charge in [-0.2, -0.15) is 0 Å². The Morgan fingerprint density at radius 2 is 1.83 bits per heavy atom. The van der Waals surface area contributed by atoms with Gasteiger partial charge in [0.05, 0.1) is 20.4 Å². The molecule has 0 N–H and O–H groups in total. The van der Waals surface area contributed by atoms with Crippen molar-refractivity contribution in [2.75, 3.05) is 27.0 Å². The van der Waals surface area contributed by atoms with Gasteiger partial charge in [-0.3, -0.25) is 9.36 Å². The molecule has 0 bridgehead atoms. The number of carbonyl (C=O) groups is 1. The molecule has 29 heavy (non-hydrogen) atoms. The molecular weight excluding hydrogens is 386 g/mol. The van der Waals surface area contributed by atoms with Gasteiger partial charge in [0.25, 0.3) is 5.91 Å². The molecule has 0 saturated heterocycles. The van der Waals surface area contributed by atoms with E-state index in [0.717, 1.165) is 16.4 Å². The summed E-state index contributed by atoms with van der Waals surface area (Å²) >= 11 is 1.51. The lowest BCUT2D eigenvalue weighted by Gasteiger charge is -2.22. The van der Waals surface area contributed by atoms with Gasteiger partial charge < -0.3 is 14.4 Å². The molecule has 7 heteroatoms. The minimum atomic E-state index is -0.0704. The van der Waals surface area contributed by atoms with Gasteiger partial charge in [-0.15, -0.1) is 0 Å². The van der Waals surface area contributed by atoms with E-state index in [0.29, 0.717) is 30.3 Å². The Kier molecular flexibility index (Phi) is 6.82. The second kappa shape index (κ2) is 9.52. The average molecular weight is 412 g/mol. The number of amides is 1. The van der Waals surface area contributed by atoms with Crippen molar-refractivity contribution >= 4 is 17.7 Å². The van der Waals surface area contributed by atoms with Crippen molar-refractivity contribution in [3.05, 3.63) is 66.0 Å². The Morgan fingerprint density at radius 3 is 2.45 bits per heavy atom. The fraction of sp³-hybridized carbons (Fsp3) is 0.273. The van der Waals surface area contributed by atoms with E-state index in [-0.39, 0.29) is 5.91 Å². The van der Waals surface area contributed by atoms with Crippen LogP contribution in [0.15, 0.2) is 59.9 Å². The zero-order valence-corrected chi connectivity index (χ0v) is 17.9. The number of hydrogen-bond acceptors (Lipinski definition) is 5.